The minimum atomic E-state index is -4.63. The van der Waals surface area contributed by atoms with Gasteiger partial charge < -0.3 is 10.0 Å². The van der Waals surface area contributed by atoms with Gasteiger partial charge >= 0.3 is 6.18 Å². The van der Waals surface area contributed by atoms with E-state index in [4.69, 9.17) is 0 Å². The summed E-state index contributed by atoms with van der Waals surface area (Å²) < 4.78 is 38.5. The number of nitro benzene ring substituents is 1. The van der Waals surface area contributed by atoms with Crippen molar-refractivity contribution < 1.29 is 23.2 Å². The van der Waals surface area contributed by atoms with Gasteiger partial charge in [0.15, 0.2) is 0 Å². The van der Waals surface area contributed by atoms with E-state index in [1.165, 1.54) is 0 Å². The summed E-state index contributed by atoms with van der Waals surface area (Å²) in [6, 6.07) is 11.9. The zero-order valence-corrected chi connectivity index (χ0v) is 14.4. The van der Waals surface area contributed by atoms with Crippen LogP contribution in [-0.2, 0) is 6.18 Å². The number of alkyl halides is 3. The first-order valence-electron chi connectivity index (χ1n) is 8.61. The number of halogens is 3. The Bertz CT molecular complexity index is 804. The summed E-state index contributed by atoms with van der Waals surface area (Å²) >= 11 is 0. The number of hydrogen-bond acceptors (Lipinski definition) is 4. The number of aliphatic hydroxyl groups excluding tert-OH is 1. The van der Waals surface area contributed by atoms with Gasteiger partial charge in [-0.1, -0.05) is 30.3 Å². The topological polar surface area (TPSA) is 66.6 Å². The molecule has 0 aliphatic carbocycles. The second-order valence-corrected chi connectivity index (χ2v) is 6.64. The molecule has 1 aliphatic rings. The van der Waals surface area contributed by atoms with E-state index in [-0.39, 0.29) is 11.6 Å². The van der Waals surface area contributed by atoms with Gasteiger partial charge in [-0.05, 0) is 36.5 Å². The van der Waals surface area contributed by atoms with E-state index >= 15 is 0 Å². The SMILES string of the molecule is O=[N+]([O-])c1cc(C(F)(F)F)ccc1N1CCC(C(O)c2ccccc2)CC1. The molecule has 1 heterocycles. The van der Waals surface area contributed by atoms with Crippen LogP contribution in [0.2, 0.25) is 0 Å². The molecule has 27 heavy (non-hydrogen) atoms. The third-order valence-electron chi connectivity index (χ3n) is 4.97. The van der Waals surface area contributed by atoms with E-state index in [2.05, 4.69) is 0 Å². The monoisotopic (exact) mass is 380 g/mol. The van der Waals surface area contributed by atoms with E-state index in [1.54, 1.807) is 4.90 Å². The summed E-state index contributed by atoms with van der Waals surface area (Å²) in [7, 11) is 0. The fourth-order valence-electron chi connectivity index (χ4n) is 3.49. The highest BCUT2D eigenvalue weighted by Gasteiger charge is 2.35. The standard InChI is InChI=1S/C19H19F3N2O3/c20-19(21,22)15-6-7-16(17(12-15)24(26)27)23-10-8-14(9-11-23)18(25)13-4-2-1-3-5-13/h1-7,12,14,18,25H,8-11H2. The largest absolute Gasteiger partial charge is 0.416 e. The Labute approximate surface area is 154 Å². The highest BCUT2D eigenvalue weighted by atomic mass is 19.4. The van der Waals surface area contributed by atoms with Crippen molar-refractivity contribution in [1.29, 1.82) is 0 Å². The maximum absolute atomic E-state index is 12.8. The molecule has 2 aromatic carbocycles. The third kappa shape index (κ3) is 4.21. The minimum absolute atomic E-state index is 0.00263. The molecule has 0 radical (unpaired) electrons. The average Bonchev–Trinajstić information content (AvgIpc) is 2.67. The first kappa shape index (κ1) is 19.2. The third-order valence-corrected chi connectivity index (χ3v) is 4.97. The van der Waals surface area contributed by atoms with Gasteiger partial charge in [-0.3, -0.25) is 10.1 Å². The predicted octanol–water partition coefficient (Wildman–Crippen LogP) is 4.56. The second kappa shape index (κ2) is 7.56. The summed E-state index contributed by atoms with van der Waals surface area (Å²) in [6.45, 7) is 0.863. The number of nitro groups is 1. The van der Waals surface area contributed by atoms with Crippen LogP contribution in [0.4, 0.5) is 24.5 Å². The lowest BCUT2D eigenvalue weighted by molar-refractivity contribution is -0.384. The fourth-order valence-corrected chi connectivity index (χ4v) is 3.49. The molecule has 1 saturated heterocycles. The molecule has 8 heteroatoms. The van der Waals surface area contributed by atoms with Crippen molar-refractivity contribution in [2.24, 2.45) is 5.92 Å². The van der Waals surface area contributed by atoms with Gasteiger partial charge in [-0.15, -0.1) is 0 Å². The van der Waals surface area contributed by atoms with E-state index in [0.29, 0.717) is 32.0 Å². The Balaban J connectivity index is 1.75. The molecule has 1 N–H and O–H groups in total. The van der Waals surface area contributed by atoms with Crippen molar-refractivity contribution >= 4 is 11.4 Å². The number of hydrogen-bond donors (Lipinski definition) is 1. The van der Waals surface area contributed by atoms with Crippen molar-refractivity contribution in [3.8, 4) is 0 Å². The molecule has 2 aromatic rings. The number of piperidine rings is 1. The normalized spacial score (nSPS) is 17.0. The molecule has 1 aliphatic heterocycles. The minimum Gasteiger partial charge on any atom is -0.388 e. The van der Waals surface area contributed by atoms with Gasteiger partial charge in [0.1, 0.15) is 5.69 Å². The molecular weight excluding hydrogens is 361 g/mol. The number of rotatable bonds is 4. The first-order chi connectivity index (χ1) is 12.8. The number of anilines is 1. The maximum atomic E-state index is 12.8. The lowest BCUT2D eigenvalue weighted by atomic mass is 9.87. The van der Waals surface area contributed by atoms with E-state index in [0.717, 1.165) is 17.7 Å². The van der Waals surface area contributed by atoms with Crippen LogP contribution in [0, 0.1) is 16.0 Å². The summed E-state index contributed by atoms with van der Waals surface area (Å²) in [5, 5.41) is 21.8. The Morgan fingerprint density at radius 3 is 2.30 bits per heavy atom. The molecule has 1 unspecified atom stereocenters. The van der Waals surface area contributed by atoms with Gasteiger partial charge in [0, 0.05) is 19.2 Å². The number of nitrogens with zero attached hydrogens (tertiary/aromatic N) is 2. The second-order valence-electron chi connectivity index (χ2n) is 6.64. The van der Waals surface area contributed by atoms with E-state index in [9.17, 15) is 28.4 Å². The van der Waals surface area contributed by atoms with Gasteiger partial charge in [0.05, 0.1) is 16.6 Å². The smallest absolute Gasteiger partial charge is 0.388 e. The van der Waals surface area contributed by atoms with Crippen LogP contribution in [0.1, 0.15) is 30.1 Å². The van der Waals surface area contributed by atoms with Gasteiger partial charge in [-0.2, -0.15) is 13.2 Å². The molecule has 5 nitrogen and oxygen atoms in total. The predicted molar refractivity (Wildman–Crippen MR) is 94.4 cm³/mol. The van der Waals surface area contributed by atoms with Crippen LogP contribution in [0.15, 0.2) is 48.5 Å². The van der Waals surface area contributed by atoms with Crippen molar-refractivity contribution in [2.45, 2.75) is 25.1 Å². The van der Waals surface area contributed by atoms with Gasteiger partial charge in [-0.25, -0.2) is 0 Å². The van der Waals surface area contributed by atoms with Crippen LogP contribution < -0.4 is 4.90 Å². The number of benzene rings is 2. The Hall–Kier alpha value is -2.61. The molecule has 0 bridgehead atoms. The molecule has 0 spiro atoms. The molecule has 1 atom stereocenters. The highest BCUT2D eigenvalue weighted by Crippen LogP contribution is 2.39. The molecule has 3 rings (SSSR count). The van der Waals surface area contributed by atoms with Crippen LogP contribution in [-0.4, -0.2) is 23.1 Å². The molecule has 0 amide bonds. The van der Waals surface area contributed by atoms with Crippen molar-refractivity contribution in [2.75, 3.05) is 18.0 Å². The zero-order chi connectivity index (χ0) is 19.6. The Kier molecular flexibility index (Phi) is 5.36. The Morgan fingerprint density at radius 2 is 1.74 bits per heavy atom. The van der Waals surface area contributed by atoms with Crippen LogP contribution in [0.3, 0.4) is 0 Å². The lowest BCUT2D eigenvalue weighted by Crippen LogP contribution is -2.36. The maximum Gasteiger partial charge on any atom is 0.416 e. The van der Waals surface area contributed by atoms with Crippen molar-refractivity contribution in [3.63, 3.8) is 0 Å². The van der Waals surface area contributed by atoms with Crippen LogP contribution in [0.5, 0.6) is 0 Å². The Morgan fingerprint density at radius 1 is 1.11 bits per heavy atom. The quantitative estimate of drug-likeness (QED) is 0.624. The van der Waals surface area contributed by atoms with E-state index < -0.39 is 28.5 Å². The van der Waals surface area contributed by atoms with E-state index in [1.807, 2.05) is 30.3 Å². The number of aliphatic hydroxyl groups is 1. The zero-order valence-electron chi connectivity index (χ0n) is 14.4. The molecule has 0 saturated carbocycles. The average molecular weight is 380 g/mol. The van der Waals surface area contributed by atoms with Crippen LogP contribution >= 0.6 is 0 Å². The summed E-state index contributed by atoms with van der Waals surface area (Å²) in [4.78, 5) is 12.2. The van der Waals surface area contributed by atoms with Crippen molar-refractivity contribution in [3.05, 3.63) is 69.8 Å². The molecular formula is C19H19F3N2O3. The van der Waals surface area contributed by atoms with Crippen LogP contribution in [0.25, 0.3) is 0 Å². The molecule has 0 aromatic heterocycles. The fraction of sp³-hybridized carbons (Fsp3) is 0.368. The lowest BCUT2D eigenvalue weighted by Gasteiger charge is -2.35. The van der Waals surface area contributed by atoms with Crippen molar-refractivity contribution in [1.82, 2.24) is 0 Å². The molecule has 144 valence electrons. The summed E-state index contributed by atoms with van der Waals surface area (Å²) in [5.41, 5.74) is -0.587. The van der Waals surface area contributed by atoms with Gasteiger partial charge in [0.25, 0.3) is 5.69 Å². The summed E-state index contributed by atoms with van der Waals surface area (Å²) in [6.07, 6.45) is -4.07. The first-order valence-corrected chi connectivity index (χ1v) is 8.61. The molecule has 1 fully saturated rings. The van der Waals surface area contributed by atoms with Gasteiger partial charge in [0.2, 0.25) is 0 Å². The highest BCUT2D eigenvalue weighted by molar-refractivity contribution is 5.65. The summed E-state index contributed by atoms with van der Waals surface area (Å²) in [5.74, 6) is -0.00263.